The van der Waals surface area contributed by atoms with E-state index in [-0.39, 0.29) is 0 Å². The summed E-state index contributed by atoms with van der Waals surface area (Å²) in [7, 11) is 1.90. The molecule has 0 aliphatic heterocycles. The first-order valence-electron chi connectivity index (χ1n) is 5.62. The molecular weight excluding hydrogens is 235 g/mol. The SMILES string of the molecule is Cn1cncc1CNCC(O)c1ccc(F)cn1. The predicted molar refractivity (Wildman–Crippen MR) is 64.1 cm³/mol. The summed E-state index contributed by atoms with van der Waals surface area (Å²) in [4.78, 5) is 7.82. The standard InChI is InChI=1S/C12H15FN4O/c1-17-8-15-6-10(17)5-14-7-12(18)11-3-2-9(13)4-16-11/h2-4,6,8,12,14,18H,5,7H2,1H3. The number of aromatic nitrogens is 3. The van der Waals surface area contributed by atoms with Crippen LogP contribution in [-0.2, 0) is 13.6 Å². The monoisotopic (exact) mass is 250 g/mol. The Kier molecular flexibility index (Phi) is 4.01. The second kappa shape index (κ2) is 5.70. The van der Waals surface area contributed by atoms with Crippen molar-refractivity contribution in [3.63, 3.8) is 0 Å². The van der Waals surface area contributed by atoms with Crippen LogP contribution in [0.1, 0.15) is 17.5 Å². The second-order valence-corrected chi connectivity index (χ2v) is 4.04. The van der Waals surface area contributed by atoms with Gasteiger partial charge in [0.15, 0.2) is 0 Å². The highest BCUT2D eigenvalue weighted by Crippen LogP contribution is 2.09. The van der Waals surface area contributed by atoms with Crippen LogP contribution in [0.25, 0.3) is 0 Å². The molecule has 0 aliphatic rings. The average molecular weight is 250 g/mol. The Morgan fingerprint density at radius 3 is 2.89 bits per heavy atom. The lowest BCUT2D eigenvalue weighted by Gasteiger charge is -2.11. The maximum absolute atomic E-state index is 12.7. The normalized spacial score (nSPS) is 12.6. The molecule has 6 heteroatoms. The van der Waals surface area contributed by atoms with E-state index in [9.17, 15) is 9.50 Å². The summed E-state index contributed by atoms with van der Waals surface area (Å²) in [6, 6.07) is 2.76. The third-order valence-corrected chi connectivity index (χ3v) is 2.65. The molecule has 0 bridgehead atoms. The zero-order chi connectivity index (χ0) is 13.0. The summed E-state index contributed by atoms with van der Waals surface area (Å²) in [5.41, 5.74) is 1.48. The molecule has 0 saturated heterocycles. The van der Waals surface area contributed by atoms with Crippen LogP contribution in [-0.4, -0.2) is 26.2 Å². The van der Waals surface area contributed by atoms with Crippen molar-refractivity contribution in [1.29, 1.82) is 0 Å². The van der Waals surface area contributed by atoms with Crippen LogP contribution in [0.15, 0.2) is 30.9 Å². The number of hydrogen-bond acceptors (Lipinski definition) is 4. The molecule has 0 aromatic carbocycles. The van der Waals surface area contributed by atoms with E-state index in [0.717, 1.165) is 11.9 Å². The number of halogens is 1. The molecule has 2 rings (SSSR count). The van der Waals surface area contributed by atoms with Crippen molar-refractivity contribution >= 4 is 0 Å². The molecule has 0 aliphatic carbocycles. The van der Waals surface area contributed by atoms with E-state index in [0.29, 0.717) is 18.8 Å². The van der Waals surface area contributed by atoms with Gasteiger partial charge in [0.25, 0.3) is 0 Å². The summed E-state index contributed by atoms with van der Waals surface area (Å²) in [6.07, 6.45) is 3.82. The van der Waals surface area contributed by atoms with Crippen LogP contribution in [0, 0.1) is 5.82 Å². The van der Waals surface area contributed by atoms with Gasteiger partial charge in [-0.3, -0.25) is 4.98 Å². The first kappa shape index (κ1) is 12.7. The van der Waals surface area contributed by atoms with Gasteiger partial charge < -0.3 is 15.0 Å². The van der Waals surface area contributed by atoms with E-state index >= 15 is 0 Å². The number of nitrogens with one attached hydrogen (secondary N) is 1. The number of aliphatic hydroxyl groups is 1. The molecular formula is C12H15FN4O. The lowest BCUT2D eigenvalue weighted by Crippen LogP contribution is -2.22. The molecule has 1 atom stereocenters. The van der Waals surface area contributed by atoms with Gasteiger partial charge in [0.2, 0.25) is 0 Å². The average Bonchev–Trinajstić information content (AvgIpc) is 2.76. The first-order chi connectivity index (χ1) is 8.66. The van der Waals surface area contributed by atoms with Crippen LogP contribution in [0.4, 0.5) is 4.39 Å². The second-order valence-electron chi connectivity index (χ2n) is 4.04. The zero-order valence-corrected chi connectivity index (χ0v) is 10.0. The molecule has 2 N–H and O–H groups in total. The van der Waals surface area contributed by atoms with Crippen LogP contribution in [0.5, 0.6) is 0 Å². The van der Waals surface area contributed by atoms with Crippen molar-refractivity contribution in [3.05, 3.63) is 48.1 Å². The predicted octanol–water partition coefficient (Wildman–Crippen LogP) is 0.777. The minimum atomic E-state index is -0.751. The van der Waals surface area contributed by atoms with Crippen molar-refractivity contribution in [1.82, 2.24) is 19.9 Å². The molecule has 2 aromatic rings. The third-order valence-electron chi connectivity index (χ3n) is 2.65. The number of hydrogen-bond donors (Lipinski definition) is 2. The first-order valence-corrected chi connectivity index (χ1v) is 5.62. The molecule has 18 heavy (non-hydrogen) atoms. The van der Waals surface area contributed by atoms with Crippen molar-refractivity contribution in [2.24, 2.45) is 7.05 Å². The molecule has 96 valence electrons. The van der Waals surface area contributed by atoms with Gasteiger partial charge in [-0.15, -0.1) is 0 Å². The Labute approximate surface area is 104 Å². The minimum absolute atomic E-state index is 0.351. The highest BCUT2D eigenvalue weighted by atomic mass is 19.1. The van der Waals surface area contributed by atoms with Gasteiger partial charge in [0.05, 0.1) is 23.9 Å². The van der Waals surface area contributed by atoms with Crippen molar-refractivity contribution in [2.45, 2.75) is 12.6 Å². The van der Waals surface area contributed by atoms with Gasteiger partial charge in [-0.1, -0.05) is 0 Å². The van der Waals surface area contributed by atoms with E-state index < -0.39 is 11.9 Å². The Balaban J connectivity index is 1.83. The molecule has 0 spiro atoms. The smallest absolute Gasteiger partial charge is 0.141 e. The molecule has 2 heterocycles. The van der Waals surface area contributed by atoms with E-state index in [4.69, 9.17) is 0 Å². The van der Waals surface area contributed by atoms with E-state index in [1.807, 2.05) is 11.6 Å². The van der Waals surface area contributed by atoms with Gasteiger partial charge in [0.1, 0.15) is 11.9 Å². The van der Waals surface area contributed by atoms with Crippen molar-refractivity contribution in [3.8, 4) is 0 Å². The van der Waals surface area contributed by atoms with E-state index in [2.05, 4.69) is 15.3 Å². The summed E-state index contributed by atoms with van der Waals surface area (Å²) in [6.45, 7) is 0.957. The quantitative estimate of drug-likeness (QED) is 0.823. The number of nitrogens with zero attached hydrogens (tertiary/aromatic N) is 3. The fourth-order valence-corrected chi connectivity index (χ4v) is 1.58. The summed E-state index contributed by atoms with van der Waals surface area (Å²) >= 11 is 0. The summed E-state index contributed by atoms with van der Waals surface area (Å²) in [5, 5.41) is 12.9. The van der Waals surface area contributed by atoms with Crippen LogP contribution in [0.2, 0.25) is 0 Å². The number of imidazole rings is 1. The summed E-state index contributed by atoms with van der Waals surface area (Å²) < 4.78 is 14.6. The number of aliphatic hydroxyl groups excluding tert-OH is 1. The molecule has 5 nitrogen and oxygen atoms in total. The largest absolute Gasteiger partial charge is 0.385 e. The van der Waals surface area contributed by atoms with Gasteiger partial charge in [-0.2, -0.15) is 0 Å². The van der Waals surface area contributed by atoms with Crippen LogP contribution in [0.3, 0.4) is 0 Å². The minimum Gasteiger partial charge on any atom is -0.385 e. The van der Waals surface area contributed by atoms with Gasteiger partial charge >= 0.3 is 0 Å². The van der Waals surface area contributed by atoms with Crippen LogP contribution < -0.4 is 5.32 Å². The topological polar surface area (TPSA) is 63.0 Å². The van der Waals surface area contributed by atoms with E-state index in [1.165, 1.54) is 12.1 Å². The maximum atomic E-state index is 12.7. The molecule has 0 amide bonds. The number of aryl methyl sites for hydroxylation is 1. The molecule has 0 fully saturated rings. The summed E-state index contributed by atoms with van der Waals surface area (Å²) in [5.74, 6) is -0.409. The van der Waals surface area contributed by atoms with E-state index in [1.54, 1.807) is 12.5 Å². The van der Waals surface area contributed by atoms with Crippen LogP contribution >= 0.6 is 0 Å². The Morgan fingerprint density at radius 2 is 2.28 bits per heavy atom. The zero-order valence-electron chi connectivity index (χ0n) is 10.0. The third kappa shape index (κ3) is 3.12. The molecule has 2 aromatic heterocycles. The van der Waals surface area contributed by atoms with Gasteiger partial charge in [-0.25, -0.2) is 9.37 Å². The number of rotatable bonds is 5. The fourth-order valence-electron chi connectivity index (χ4n) is 1.58. The molecule has 0 saturated carbocycles. The van der Waals surface area contributed by atoms with Gasteiger partial charge in [0, 0.05) is 26.3 Å². The number of pyridine rings is 1. The lowest BCUT2D eigenvalue weighted by atomic mass is 10.2. The van der Waals surface area contributed by atoms with Crippen molar-refractivity contribution in [2.75, 3.05) is 6.54 Å². The Hall–Kier alpha value is -1.79. The molecule has 0 radical (unpaired) electrons. The highest BCUT2D eigenvalue weighted by Gasteiger charge is 2.09. The van der Waals surface area contributed by atoms with Gasteiger partial charge in [-0.05, 0) is 12.1 Å². The lowest BCUT2D eigenvalue weighted by molar-refractivity contribution is 0.169. The highest BCUT2D eigenvalue weighted by molar-refractivity contribution is 5.08. The molecule has 1 unspecified atom stereocenters. The fraction of sp³-hybridized carbons (Fsp3) is 0.333. The Bertz CT molecular complexity index is 497. The maximum Gasteiger partial charge on any atom is 0.141 e. The van der Waals surface area contributed by atoms with Crippen molar-refractivity contribution < 1.29 is 9.50 Å². The Morgan fingerprint density at radius 1 is 1.44 bits per heavy atom.